The lowest BCUT2D eigenvalue weighted by atomic mass is 9.94. The van der Waals surface area contributed by atoms with Gasteiger partial charge in [-0.1, -0.05) is 51.2 Å². The molecule has 0 saturated heterocycles. The number of ether oxygens (including phenoxy) is 1. The maximum Gasteiger partial charge on any atom is 0.309 e. The molecule has 0 heterocycles. The molecule has 0 spiro atoms. The predicted octanol–water partition coefficient (Wildman–Crippen LogP) is 4.10. The van der Waals surface area contributed by atoms with Gasteiger partial charge in [0, 0.05) is 0 Å². The zero-order chi connectivity index (χ0) is 12.8. The van der Waals surface area contributed by atoms with Crippen LogP contribution in [-0.4, -0.2) is 12.6 Å². The van der Waals surface area contributed by atoms with Gasteiger partial charge in [-0.3, -0.25) is 4.79 Å². The summed E-state index contributed by atoms with van der Waals surface area (Å²) in [6, 6.07) is 0. The molecule has 2 nitrogen and oxygen atoms in total. The zero-order valence-corrected chi connectivity index (χ0v) is 11.6. The fourth-order valence-corrected chi connectivity index (χ4v) is 3.21. The number of carbonyl (C=O) groups is 1. The van der Waals surface area contributed by atoms with Gasteiger partial charge in [-0.15, -0.1) is 0 Å². The van der Waals surface area contributed by atoms with Crippen LogP contribution in [0.1, 0.15) is 58.3 Å². The second kappa shape index (κ2) is 6.96. The van der Waals surface area contributed by atoms with Gasteiger partial charge in [-0.25, -0.2) is 0 Å². The van der Waals surface area contributed by atoms with E-state index in [1.165, 1.54) is 38.5 Å². The molecule has 1 fully saturated rings. The van der Waals surface area contributed by atoms with Crippen molar-refractivity contribution in [3.63, 3.8) is 0 Å². The second-order valence-corrected chi connectivity index (χ2v) is 5.82. The van der Waals surface area contributed by atoms with Gasteiger partial charge in [0.15, 0.2) is 0 Å². The molecule has 2 aliphatic rings. The van der Waals surface area contributed by atoms with Crippen LogP contribution < -0.4 is 0 Å². The van der Waals surface area contributed by atoms with Crippen molar-refractivity contribution in [1.29, 1.82) is 0 Å². The molecule has 2 aliphatic carbocycles. The van der Waals surface area contributed by atoms with Crippen molar-refractivity contribution >= 4 is 5.97 Å². The summed E-state index contributed by atoms with van der Waals surface area (Å²) in [6.45, 7) is 2.86. The van der Waals surface area contributed by atoms with E-state index in [-0.39, 0.29) is 11.9 Å². The zero-order valence-electron chi connectivity index (χ0n) is 11.6. The van der Waals surface area contributed by atoms with E-state index in [4.69, 9.17) is 4.74 Å². The minimum Gasteiger partial charge on any atom is -0.465 e. The second-order valence-electron chi connectivity index (χ2n) is 5.82. The molecule has 2 bridgehead atoms. The lowest BCUT2D eigenvalue weighted by Crippen LogP contribution is -2.21. The normalized spacial score (nSPS) is 28.8. The highest BCUT2D eigenvalue weighted by atomic mass is 16.5. The Bertz CT molecular complexity index is 295. The van der Waals surface area contributed by atoms with Crippen LogP contribution in [0.3, 0.4) is 0 Å². The first-order chi connectivity index (χ1) is 8.81. The molecule has 0 radical (unpaired) electrons. The SMILES string of the molecule is CCCCCCCCOC(=O)[C@H]1C[C@H]2C=C[C@H]1C2. The summed E-state index contributed by atoms with van der Waals surface area (Å²) in [5, 5.41) is 0. The smallest absolute Gasteiger partial charge is 0.309 e. The number of carbonyl (C=O) groups excluding carboxylic acids is 1. The van der Waals surface area contributed by atoms with Crippen LogP contribution in [0, 0.1) is 17.8 Å². The number of fused-ring (bicyclic) bond motifs is 2. The first kappa shape index (κ1) is 13.6. The summed E-state index contributed by atoms with van der Waals surface area (Å²) < 4.78 is 5.41. The predicted molar refractivity (Wildman–Crippen MR) is 73.2 cm³/mol. The molecule has 0 aliphatic heterocycles. The number of unbranched alkanes of at least 4 members (excludes halogenated alkanes) is 5. The van der Waals surface area contributed by atoms with E-state index < -0.39 is 0 Å². The number of hydrogen-bond acceptors (Lipinski definition) is 2. The third-order valence-electron chi connectivity index (χ3n) is 4.32. The Balaban J connectivity index is 1.52. The Hall–Kier alpha value is -0.790. The van der Waals surface area contributed by atoms with Gasteiger partial charge in [-0.05, 0) is 31.1 Å². The molecule has 18 heavy (non-hydrogen) atoms. The fraction of sp³-hybridized carbons (Fsp3) is 0.812. The van der Waals surface area contributed by atoms with E-state index >= 15 is 0 Å². The first-order valence-corrected chi connectivity index (χ1v) is 7.66. The maximum absolute atomic E-state index is 11.9. The van der Waals surface area contributed by atoms with E-state index in [0.717, 1.165) is 12.8 Å². The molecule has 0 unspecified atom stereocenters. The van der Waals surface area contributed by atoms with Crippen molar-refractivity contribution in [1.82, 2.24) is 0 Å². The summed E-state index contributed by atoms with van der Waals surface area (Å²) in [5.74, 6) is 1.36. The summed E-state index contributed by atoms with van der Waals surface area (Å²) in [4.78, 5) is 11.9. The standard InChI is InChI=1S/C16H26O2/c1-2-3-4-5-6-7-10-18-16(17)15-12-13-8-9-14(15)11-13/h8-9,13-15H,2-7,10-12H2,1H3/t13-,14-,15-/m0/s1. The van der Waals surface area contributed by atoms with E-state index in [9.17, 15) is 4.79 Å². The van der Waals surface area contributed by atoms with Crippen molar-refractivity contribution < 1.29 is 9.53 Å². The van der Waals surface area contributed by atoms with Gasteiger partial charge in [0.2, 0.25) is 0 Å². The number of esters is 1. The molecule has 0 aromatic carbocycles. The summed E-state index contributed by atoms with van der Waals surface area (Å²) in [5.41, 5.74) is 0. The molecule has 0 N–H and O–H groups in total. The van der Waals surface area contributed by atoms with Crippen LogP contribution >= 0.6 is 0 Å². The van der Waals surface area contributed by atoms with Crippen molar-refractivity contribution in [3.8, 4) is 0 Å². The van der Waals surface area contributed by atoms with E-state index in [2.05, 4.69) is 19.1 Å². The Morgan fingerprint density at radius 1 is 1.11 bits per heavy atom. The van der Waals surface area contributed by atoms with Crippen LogP contribution in [0.2, 0.25) is 0 Å². The summed E-state index contributed by atoms with van der Waals surface area (Å²) >= 11 is 0. The van der Waals surface area contributed by atoms with Crippen LogP contribution in [0.25, 0.3) is 0 Å². The average Bonchev–Trinajstić information content (AvgIpc) is 2.99. The number of hydrogen-bond donors (Lipinski definition) is 0. The third kappa shape index (κ3) is 3.60. The fourth-order valence-electron chi connectivity index (χ4n) is 3.21. The quantitative estimate of drug-likeness (QED) is 0.368. The summed E-state index contributed by atoms with van der Waals surface area (Å²) in [6.07, 6.45) is 14.1. The van der Waals surface area contributed by atoms with Gasteiger partial charge in [0.1, 0.15) is 0 Å². The molecule has 0 aromatic rings. The Morgan fingerprint density at radius 3 is 2.56 bits per heavy atom. The third-order valence-corrected chi connectivity index (χ3v) is 4.32. The first-order valence-electron chi connectivity index (χ1n) is 7.66. The Morgan fingerprint density at radius 2 is 1.89 bits per heavy atom. The van der Waals surface area contributed by atoms with Crippen molar-refractivity contribution in [2.24, 2.45) is 17.8 Å². The Labute approximate surface area is 111 Å². The number of allylic oxidation sites excluding steroid dienone is 2. The lowest BCUT2D eigenvalue weighted by Gasteiger charge is -2.16. The molecule has 0 aromatic heterocycles. The molecule has 102 valence electrons. The lowest BCUT2D eigenvalue weighted by molar-refractivity contribution is -0.149. The number of rotatable bonds is 8. The van der Waals surface area contributed by atoms with Crippen LogP contribution in [0.15, 0.2) is 12.2 Å². The van der Waals surface area contributed by atoms with Gasteiger partial charge >= 0.3 is 5.97 Å². The molecule has 3 atom stereocenters. The largest absolute Gasteiger partial charge is 0.465 e. The topological polar surface area (TPSA) is 26.3 Å². The minimum absolute atomic E-state index is 0.0559. The van der Waals surface area contributed by atoms with Crippen molar-refractivity contribution in [3.05, 3.63) is 12.2 Å². The van der Waals surface area contributed by atoms with E-state index in [0.29, 0.717) is 18.4 Å². The molecular weight excluding hydrogens is 224 g/mol. The van der Waals surface area contributed by atoms with E-state index in [1.807, 2.05) is 0 Å². The summed E-state index contributed by atoms with van der Waals surface area (Å²) in [7, 11) is 0. The molecule has 1 saturated carbocycles. The Kier molecular flexibility index (Phi) is 5.27. The highest BCUT2D eigenvalue weighted by Gasteiger charge is 2.40. The van der Waals surface area contributed by atoms with Crippen LogP contribution in [-0.2, 0) is 9.53 Å². The molecule has 2 rings (SSSR count). The molecule has 0 amide bonds. The van der Waals surface area contributed by atoms with Crippen LogP contribution in [0.4, 0.5) is 0 Å². The highest BCUT2D eigenvalue weighted by Crippen LogP contribution is 2.43. The molecular formula is C16H26O2. The van der Waals surface area contributed by atoms with Crippen LogP contribution in [0.5, 0.6) is 0 Å². The van der Waals surface area contributed by atoms with Gasteiger partial charge < -0.3 is 4.74 Å². The maximum atomic E-state index is 11.9. The van der Waals surface area contributed by atoms with E-state index in [1.54, 1.807) is 0 Å². The minimum atomic E-state index is 0.0559. The molecule has 2 heteroatoms. The average molecular weight is 250 g/mol. The van der Waals surface area contributed by atoms with Gasteiger partial charge in [-0.2, -0.15) is 0 Å². The highest BCUT2D eigenvalue weighted by molar-refractivity contribution is 5.74. The van der Waals surface area contributed by atoms with Gasteiger partial charge in [0.05, 0.1) is 12.5 Å². The monoisotopic (exact) mass is 250 g/mol. The van der Waals surface area contributed by atoms with Crippen molar-refractivity contribution in [2.75, 3.05) is 6.61 Å². The van der Waals surface area contributed by atoms with Gasteiger partial charge in [0.25, 0.3) is 0 Å². The van der Waals surface area contributed by atoms with Crippen molar-refractivity contribution in [2.45, 2.75) is 58.3 Å².